The molecule has 1 aromatic carbocycles. The molecule has 0 fully saturated rings. The Labute approximate surface area is 219 Å². The van der Waals surface area contributed by atoms with Gasteiger partial charge in [-0.3, -0.25) is 9.54 Å². The van der Waals surface area contributed by atoms with Crippen LogP contribution < -0.4 is 5.32 Å². The molecule has 0 aliphatic rings. The second kappa shape index (κ2) is 9.54. The number of fused-ring (bicyclic) bond motifs is 1. The summed E-state index contributed by atoms with van der Waals surface area (Å²) in [6.07, 6.45) is -5.71. The third-order valence-corrected chi connectivity index (χ3v) is 7.76. The van der Waals surface area contributed by atoms with Gasteiger partial charge in [0.15, 0.2) is 5.65 Å². The summed E-state index contributed by atoms with van der Waals surface area (Å²) in [4.78, 5) is 12.6. The molecule has 0 saturated carbocycles. The van der Waals surface area contributed by atoms with E-state index in [1.54, 1.807) is 0 Å². The molecule has 0 unspecified atom stereocenters. The summed E-state index contributed by atoms with van der Waals surface area (Å²) in [7, 11) is -2.77. The molecule has 0 aliphatic heterocycles. The zero-order chi connectivity index (χ0) is 28.8. The Morgan fingerprint density at radius 1 is 0.949 bits per heavy atom. The second-order valence-corrected chi connectivity index (χ2v) is 13.3. The summed E-state index contributed by atoms with van der Waals surface area (Å²) in [6, 6.07) is 10.6. The Morgan fingerprint density at radius 3 is 2.21 bits per heavy atom. The van der Waals surface area contributed by atoms with Crippen LogP contribution in [0.15, 0.2) is 60.8 Å². The number of halogens is 6. The lowest BCUT2D eigenvalue weighted by Crippen LogP contribution is -2.45. The van der Waals surface area contributed by atoms with E-state index < -0.39 is 38.7 Å². The Bertz CT molecular complexity index is 1590. The number of pyridine rings is 3. The van der Waals surface area contributed by atoms with E-state index in [1.165, 1.54) is 43.6 Å². The van der Waals surface area contributed by atoms with Crippen LogP contribution in [-0.4, -0.2) is 47.6 Å². The molecule has 7 nitrogen and oxygen atoms in total. The van der Waals surface area contributed by atoms with Crippen molar-refractivity contribution >= 4 is 31.9 Å². The predicted molar refractivity (Wildman–Crippen MR) is 137 cm³/mol. The molecular weight excluding hydrogens is 548 g/mol. The van der Waals surface area contributed by atoms with Crippen molar-refractivity contribution in [3.8, 4) is 11.4 Å². The molecule has 39 heavy (non-hydrogen) atoms. The summed E-state index contributed by atoms with van der Waals surface area (Å²) in [5.41, 5.74) is -1.50. The quantitative estimate of drug-likeness (QED) is 0.261. The van der Waals surface area contributed by atoms with Crippen molar-refractivity contribution in [2.24, 2.45) is 0 Å². The highest BCUT2D eigenvalue weighted by Crippen LogP contribution is 2.37. The number of alkyl halides is 6. The minimum atomic E-state index is -4.69. The number of nitrogens with one attached hydrogen (secondary N) is 1. The number of aromatic nitrogens is 3. The van der Waals surface area contributed by atoms with E-state index in [0.29, 0.717) is 11.1 Å². The maximum absolute atomic E-state index is 13.6. The molecule has 3 heterocycles. The number of anilines is 2. The summed E-state index contributed by atoms with van der Waals surface area (Å²) < 4.78 is 104. The Morgan fingerprint density at radius 2 is 1.62 bits per heavy atom. The highest BCUT2D eigenvalue weighted by molar-refractivity contribution is 8.11. The van der Waals surface area contributed by atoms with Crippen molar-refractivity contribution in [3.63, 3.8) is 0 Å². The normalized spacial score (nSPS) is 13.9. The molecular formula is C25H23F6N5O2S. The molecule has 208 valence electrons. The van der Waals surface area contributed by atoms with Gasteiger partial charge in [-0.25, -0.2) is 14.3 Å². The lowest BCUT2D eigenvalue weighted by atomic mass is 10.1. The maximum Gasteiger partial charge on any atom is 0.418 e. The number of rotatable bonds is 6. The van der Waals surface area contributed by atoms with E-state index in [4.69, 9.17) is 0 Å². The van der Waals surface area contributed by atoms with E-state index in [2.05, 4.69) is 20.3 Å². The monoisotopic (exact) mass is 571 g/mol. The van der Waals surface area contributed by atoms with E-state index in [0.717, 1.165) is 41.1 Å². The first-order valence-electron chi connectivity index (χ1n) is 11.2. The fourth-order valence-corrected chi connectivity index (χ4v) is 4.12. The Hall–Kier alpha value is -3.62. The van der Waals surface area contributed by atoms with Crippen molar-refractivity contribution in [1.29, 1.82) is 0 Å². The van der Waals surface area contributed by atoms with Crippen LogP contribution in [0.3, 0.4) is 0 Å². The zero-order valence-electron chi connectivity index (χ0n) is 20.8. The number of hydrogen-bond acceptors (Lipinski definition) is 5. The molecule has 4 rings (SSSR count). The SMILES string of the molecule is CN(Cc1cc(Nc2ccc(C(F)(F)F)cc2)c2ccc(-c3ncccc3C(F)(F)F)nc2n1)S(C)(C)(=O)O. The van der Waals surface area contributed by atoms with Crippen LogP contribution in [0, 0.1) is 0 Å². The standard InChI is InChI=1S/C25H23F6N5O2S/c1-36(39(2,3,37)38)14-17-13-21(33-16-8-6-15(7-9-16)24(26,27)28)18-10-11-20(35-23(18)34-17)22-19(25(29,30)31)5-4-12-32-22/h4-13H,14H2,1-3H3,(H,37,38)(H,33,34,35). The van der Waals surface area contributed by atoms with Crippen LogP contribution in [0.4, 0.5) is 37.7 Å². The number of benzene rings is 1. The molecule has 0 aliphatic carbocycles. The molecule has 4 aromatic rings. The fraction of sp³-hybridized carbons (Fsp3) is 0.240. The summed E-state index contributed by atoms with van der Waals surface area (Å²) in [5.74, 6) is 0. The lowest BCUT2D eigenvalue weighted by molar-refractivity contribution is -0.138. The van der Waals surface area contributed by atoms with Gasteiger partial charge in [-0.15, -0.1) is 9.53 Å². The van der Waals surface area contributed by atoms with Crippen LogP contribution in [0.2, 0.25) is 0 Å². The van der Waals surface area contributed by atoms with Crippen LogP contribution in [0.25, 0.3) is 22.4 Å². The molecule has 0 spiro atoms. The van der Waals surface area contributed by atoms with E-state index in [-0.39, 0.29) is 29.3 Å². The first-order chi connectivity index (χ1) is 17.9. The van der Waals surface area contributed by atoms with Crippen molar-refractivity contribution in [1.82, 2.24) is 19.3 Å². The number of nitrogens with zero attached hydrogens (tertiary/aromatic N) is 4. The lowest BCUT2D eigenvalue weighted by Gasteiger charge is -2.43. The van der Waals surface area contributed by atoms with Gasteiger partial charge in [-0.2, -0.15) is 30.6 Å². The third-order valence-electron chi connectivity index (χ3n) is 5.85. The molecule has 0 amide bonds. The van der Waals surface area contributed by atoms with Gasteiger partial charge in [0, 0.05) is 36.8 Å². The van der Waals surface area contributed by atoms with Crippen LogP contribution >= 0.6 is 0 Å². The Balaban J connectivity index is 1.84. The third kappa shape index (κ3) is 6.52. The molecule has 14 heteroatoms. The molecule has 0 radical (unpaired) electrons. The predicted octanol–water partition coefficient (Wildman–Crippen LogP) is 6.37. The van der Waals surface area contributed by atoms with Crippen molar-refractivity contribution in [2.75, 3.05) is 24.9 Å². The van der Waals surface area contributed by atoms with Gasteiger partial charge in [0.1, 0.15) is 5.69 Å². The largest absolute Gasteiger partial charge is 0.418 e. The summed E-state index contributed by atoms with van der Waals surface area (Å²) in [6.45, 7) is -0.143. The van der Waals surface area contributed by atoms with Crippen LogP contribution in [0.1, 0.15) is 16.8 Å². The fourth-order valence-electron chi connectivity index (χ4n) is 3.62. The van der Waals surface area contributed by atoms with E-state index in [9.17, 15) is 35.1 Å². The first-order valence-corrected chi connectivity index (χ1v) is 13.9. The summed E-state index contributed by atoms with van der Waals surface area (Å²) in [5, 5.41) is 3.34. The molecule has 0 atom stereocenters. The van der Waals surface area contributed by atoms with Crippen LogP contribution in [0.5, 0.6) is 0 Å². The van der Waals surface area contributed by atoms with Gasteiger partial charge < -0.3 is 5.32 Å². The van der Waals surface area contributed by atoms with Crippen molar-refractivity contribution in [3.05, 3.63) is 77.6 Å². The summed E-state index contributed by atoms with van der Waals surface area (Å²) >= 11 is 0. The molecule has 0 bridgehead atoms. The van der Waals surface area contributed by atoms with Gasteiger partial charge in [0.25, 0.3) is 0 Å². The minimum absolute atomic E-state index is 0.000263. The average molecular weight is 572 g/mol. The molecule has 0 saturated heterocycles. The Kier molecular flexibility index (Phi) is 6.94. The minimum Gasteiger partial charge on any atom is -0.355 e. The topological polar surface area (TPSA) is 91.2 Å². The number of hydrogen-bond donors (Lipinski definition) is 2. The van der Waals surface area contributed by atoms with Gasteiger partial charge in [0.2, 0.25) is 0 Å². The highest BCUT2D eigenvalue weighted by Gasteiger charge is 2.35. The first kappa shape index (κ1) is 28.4. The van der Waals surface area contributed by atoms with Gasteiger partial charge in [0.05, 0.1) is 34.7 Å². The zero-order valence-corrected chi connectivity index (χ0v) is 21.6. The van der Waals surface area contributed by atoms with Crippen molar-refractivity contribution < 1.29 is 35.1 Å². The molecule has 3 aromatic heterocycles. The van der Waals surface area contributed by atoms with Gasteiger partial charge in [-0.05, 0) is 54.6 Å². The van der Waals surface area contributed by atoms with E-state index in [1.807, 2.05) is 0 Å². The maximum atomic E-state index is 13.6. The average Bonchev–Trinajstić information content (AvgIpc) is 2.82. The molecule has 2 N–H and O–H groups in total. The van der Waals surface area contributed by atoms with E-state index >= 15 is 0 Å². The smallest absolute Gasteiger partial charge is 0.355 e. The highest BCUT2D eigenvalue weighted by atomic mass is 32.3. The van der Waals surface area contributed by atoms with Crippen LogP contribution in [-0.2, 0) is 28.4 Å². The van der Waals surface area contributed by atoms with Gasteiger partial charge in [-0.1, -0.05) is 0 Å². The van der Waals surface area contributed by atoms with Crippen molar-refractivity contribution in [2.45, 2.75) is 18.9 Å². The van der Waals surface area contributed by atoms with Gasteiger partial charge >= 0.3 is 12.4 Å². The second-order valence-electron chi connectivity index (χ2n) is 9.31.